The summed E-state index contributed by atoms with van der Waals surface area (Å²) in [7, 11) is 4.25. The quantitative estimate of drug-likeness (QED) is 0.884. The van der Waals surface area contributed by atoms with Crippen molar-refractivity contribution in [1.29, 1.82) is 0 Å². The number of hydrogen-bond donors (Lipinski definition) is 1. The SMILES string of the molecule is Cc1ccc(C(C2CNCCO2)N(C)C)cc1C. The molecule has 0 aromatic heterocycles. The molecule has 0 saturated carbocycles. The molecule has 1 aliphatic heterocycles. The molecule has 0 bridgehead atoms. The van der Waals surface area contributed by atoms with Gasteiger partial charge in [-0.05, 0) is 44.6 Å². The van der Waals surface area contributed by atoms with Gasteiger partial charge in [-0.25, -0.2) is 0 Å². The third-order valence-corrected chi connectivity index (χ3v) is 3.74. The number of morpholine rings is 1. The molecule has 1 saturated heterocycles. The molecule has 0 amide bonds. The molecule has 3 heteroatoms. The zero-order valence-electron chi connectivity index (χ0n) is 11.9. The molecule has 1 N–H and O–H groups in total. The monoisotopic (exact) mass is 248 g/mol. The van der Waals surface area contributed by atoms with Crippen molar-refractivity contribution in [2.45, 2.75) is 26.0 Å². The molecule has 100 valence electrons. The minimum atomic E-state index is 0.232. The van der Waals surface area contributed by atoms with Crippen LogP contribution in [0.25, 0.3) is 0 Å². The zero-order valence-corrected chi connectivity index (χ0v) is 11.9. The summed E-state index contributed by atoms with van der Waals surface area (Å²) < 4.78 is 5.92. The first-order chi connectivity index (χ1) is 8.59. The minimum absolute atomic E-state index is 0.232. The van der Waals surface area contributed by atoms with Crippen LogP contribution in [-0.4, -0.2) is 44.8 Å². The van der Waals surface area contributed by atoms with E-state index in [0.29, 0.717) is 6.04 Å². The Balaban J connectivity index is 2.25. The van der Waals surface area contributed by atoms with Crippen molar-refractivity contribution in [2.75, 3.05) is 33.8 Å². The van der Waals surface area contributed by atoms with Gasteiger partial charge in [-0.1, -0.05) is 18.2 Å². The van der Waals surface area contributed by atoms with Crippen molar-refractivity contribution in [3.63, 3.8) is 0 Å². The van der Waals surface area contributed by atoms with Crippen molar-refractivity contribution in [3.8, 4) is 0 Å². The number of ether oxygens (including phenoxy) is 1. The molecule has 1 fully saturated rings. The molecule has 2 rings (SSSR count). The van der Waals surface area contributed by atoms with Crippen molar-refractivity contribution < 1.29 is 4.74 Å². The summed E-state index contributed by atoms with van der Waals surface area (Å²) in [6.07, 6.45) is 0.232. The van der Waals surface area contributed by atoms with Gasteiger partial charge in [-0.2, -0.15) is 0 Å². The fourth-order valence-corrected chi connectivity index (χ4v) is 2.58. The second-order valence-corrected chi connectivity index (χ2v) is 5.37. The molecule has 1 heterocycles. The topological polar surface area (TPSA) is 24.5 Å². The molecule has 2 unspecified atom stereocenters. The van der Waals surface area contributed by atoms with Gasteiger partial charge >= 0.3 is 0 Å². The highest BCUT2D eigenvalue weighted by Gasteiger charge is 2.27. The lowest BCUT2D eigenvalue weighted by atomic mass is 9.96. The van der Waals surface area contributed by atoms with E-state index in [-0.39, 0.29) is 6.10 Å². The summed E-state index contributed by atoms with van der Waals surface area (Å²) >= 11 is 0. The van der Waals surface area contributed by atoms with Crippen molar-refractivity contribution in [1.82, 2.24) is 10.2 Å². The first kappa shape index (κ1) is 13.5. The highest BCUT2D eigenvalue weighted by Crippen LogP contribution is 2.26. The van der Waals surface area contributed by atoms with Crippen LogP contribution in [0.4, 0.5) is 0 Å². The largest absolute Gasteiger partial charge is 0.374 e. The molecule has 0 spiro atoms. The number of nitrogens with zero attached hydrogens (tertiary/aromatic N) is 1. The van der Waals surface area contributed by atoms with Crippen molar-refractivity contribution >= 4 is 0 Å². The van der Waals surface area contributed by atoms with Gasteiger partial charge in [0.1, 0.15) is 0 Å². The third kappa shape index (κ3) is 2.91. The van der Waals surface area contributed by atoms with E-state index in [4.69, 9.17) is 4.74 Å². The van der Waals surface area contributed by atoms with Gasteiger partial charge in [-0.15, -0.1) is 0 Å². The Morgan fingerprint density at radius 2 is 2.06 bits per heavy atom. The molecular formula is C15H24N2O. The van der Waals surface area contributed by atoms with Gasteiger partial charge in [0.25, 0.3) is 0 Å². The van der Waals surface area contributed by atoms with E-state index in [1.165, 1.54) is 16.7 Å². The number of benzene rings is 1. The molecular weight excluding hydrogens is 224 g/mol. The maximum Gasteiger partial charge on any atom is 0.0896 e. The Hall–Kier alpha value is -0.900. The Morgan fingerprint density at radius 1 is 1.28 bits per heavy atom. The second-order valence-electron chi connectivity index (χ2n) is 5.37. The fraction of sp³-hybridized carbons (Fsp3) is 0.600. The maximum absolute atomic E-state index is 5.92. The summed E-state index contributed by atoms with van der Waals surface area (Å²) in [5.74, 6) is 0. The van der Waals surface area contributed by atoms with Gasteiger partial charge in [0, 0.05) is 13.1 Å². The second kappa shape index (κ2) is 5.83. The summed E-state index contributed by atoms with van der Waals surface area (Å²) in [5.41, 5.74) is 4.04. The van der Waals surface area contributed by atoms with Gasteiger partial charge in [-0.3, -0.25) is 0 Å². The van der Waals surface area contributed by atoms with Gasteiger partial charge in [0.05, 0.1) is 18.8 Å². The highest BCUT2D eigenvalue weighted by molar-refractivity contribution is 5.32. The van der Waals surface area contributed by atoms with Crippen LogP contribution in [-0.2, 0) is 4.74 Å². The smallest absolute Gasteiger partial charge is 0.0896 e. The van der Waals surface area contributed by atoms with E-state index in [2.05, 4.69) is 56.4 Å². The molecule has 1 aliphatic rings. The van der Waals surface area contributed by atoms with Crippen LogP contribution in [0.5, 0.6) is 0 Å². The number of aryl methyl sites for hydroxylation is 2. The molecule has 1 aromatic carbocycles. The Morgan fingerprint density at radius 3 is 2.61 bits per heavy atom. The molecule has 0 radical (unpaired) electrons. The Labute approximate surface area is 110 Å². The normalized spacial score (nSPS) is 22.2. The first-order valence-corrected chi connectivity index (χ1v) is 6.65. The summed E-state index contributed by atoms with van der Waals surface area (Å²) in [6, 6.07) is 7.04. The zero-order chi connectivity index (χ0) is 13.1. The predicted octanol–water partition coefficient (Wildman–Crippen LogP) is 1.89. The van der Waals surface area contributed by atoms with Gasteiger partial charge < -0.3 is 15.0 Å². The average molecular weight is 248 g/mol. The summed E-state index contributed by atoms with van der Waals surface area (Å²) in [4.78, 5) is 2.25. The van der Waals surface area contributed by atoms with Crippen LogP contribution in [0.15, 0.2) is 18.2 Å². The van der Waals surface area contributed by atoms with Crippen LogP contribution in [0.3, 0.4) is 0 Å². The van der Waals surface area contributed by atoms with Crippen molar-refractivity contribution in [3.05, 3.63) is 34.9 Å². The lowest BCUT2D eigenvalue weighted by Crippen LogP contribution is -2.45. The number of rotatable bonds is 3. The van der Waals surface area contributed by atoms with Crippen LogP contribution < -0.4 is 5.32 Å². The van der Waals surface area contributed by atoms with E-state index in [1.807, 2.05) is 0 Å². The van der Waals surface area contributed by atoms with E-state index in [0.717, 1.165) is 19.7 Å². The Bertz CT molecular complexity index is 397. The molecule has 18 heavy (non-hydrogen) atoms. The number of likely N-dealkylation sites (N-methyl/N-ethyl adjacent to an activating group) is 1. The van der Waals surface area contributed by atoms with Crippen LogP contribution in [0.2, 0.25) is 0 Å². The minimum Gasteiger partial charge on any atom is -0.374 e. The summed E-state index contributed by atoms with van der Waals surface area (Å²) in [5, 5.41) is 3.41. The van der Waals surface area contributed by atoms with E-state index < -0.39 is 0 Å². The van der Waals surface area contributed by atoms with Gasteiger partial charge in [0.15, 0.2) is 0 Å². The highest BCUT2D eigenvalue weighted by atomic mass is 16.5. The molecule has 3 nitrogen and oxygen atoms in total. The van der Waals surface area contributed by atoms with Crippen LogP contribution in [0, 0.1) is 13.8 Å². The molecule has 2 atom stereocenters. The lowest BCUT2D eigenvalue weighted by Gasteiger charge is -2.35. The van der Waals surface area contributed by atoms with E-state index in [1.54, 1.807) is 0 Å². The van der Waals surface area contributed by atoms with Gasteiger partial charge in [0.2, 0.25) is 0 Å². The number of nitrogens with one attached hydrogen (secondary N) is 1. The van der Waals surface area contributed by atoms with Crippen molar-refractivity contribution in [2.24, 2.45) is 0 Å². The Kier molecular flexibility index (Phi) is 4.38. The first-order valence-electron chi connectivity index (χ1n) is 6.65. The van der Waals surface area contributed by atoms with Crippen LogP contribution in [0.1, 0.15) is 22.7 Å². The predicted molar refractivity (Wildman–Crippen MR) is 75.0 cm³/mol. The fourth-order valence-electron chi connectivity index (χ4n) is 2.58. The summed E-state index contributed by atoms with van der Waals surface area (Å²) in [6.45, 7) is 7.02. The van der Waals surface area contributed by atoms with E-state index in [9.17, 15) is 0 Å². The molecule has 0 aliphatic carbocycles. The third-order valence-electron chi connectivity index (χ3n) is 3.74. The maximum atomic E-state index is 5.92. The average Bonchev–Trinajstić information content (AvgIpc) is 2.35. The standard InChI is InChI=1S/C15H24N2O/c1-11-5-6-13(9-12(11)2)15(17(3)4)14-10-16-7-8-18-14/h5-6,9,14-16H,7-8,10H2,1-4H3. The lowest BCUT2D eigenvalue weighted by molar-refractivity contribution is -0.0211. The van der Waals surface area contributed by atoms with E-state index >= 15 is 0 Å². The number of hydrogen-bond acceptors (Lipinski definition) is 3. The van der Waals surface area contributed by atoms with Crippen LogP contribution >= 0.6 is 0 Å². The molecule has 1 aromatic rings.